The molecule has 1 fully saturated rings. The van der Waals surface area contributed by atoms with Gasteiger partial charge in [-0.1, -0.05) is 6.92 Å². The largest absolute Gasteiger partial charge is 0.338 e. The van der Waals surface area contributed by atoms with Gasteiger partial charge in [-0.2, -0.15) is 11.3 Å². The molecule has 1 aromatic heterocycles. The Morgan fingerprint density at radius 2 is 2.47 bits per heavy atom. The van der Waals surface area contributed by atoms with Crippen LogP contribution in [0.3, 0.4) is 0 Å². The van der Waals surface area contributed by atoms with Crippen LogP contribution in [0.1, 0.15) is 23.7 Å². The van der Waals surface area contributed by atoms with Crippen LogP contribution in [-0.4, -0.2) is 29.3 Å². The normalized spacial score (nSPS) is 26.7. The summed E-state index contributed by atoms with van der Waals surface area (Å²) in [5, 5.41) is 4.06. The molecule has 2 atom stereocenters. The van der Waals surface area contributed by atoms with Gasteiger partial charge in [0.05, 0.1) is 5.56 Å². The molecule has 1 aromatic rings. The molecule has 0 N–H and O–H groups in total. The number of rotatable bonds is 1. The molecule has 1 aliphatic heterocycles. The molecule has 4 heteroatoms. The molecule has 0 saturated carbocycles. The van der Waals surface area contributed by atoms with Crippen molar-refractivity contribution in [1.29, 1.82) is 0 Å². The molecule has 0 aliphatic carbocycles. The summed E-state index contributed by atoms with van der Waals surface area (Å²) in [5.74, 6) is 0.537. The van der Waals surface area contributed by atoms with E-state index in [1.165, 1.54) is 0 Å². The molecule has 2 rings (SSSR count). The smallest absolute Gasteiger partial charge is 0.254 e. The van der Waals surface area contributed by atoms with Crippen molar-refractivity contribution in [2.75, 3.05) is 13.1 Å². The van der Waals surface area contributed by atoms with Crippen LogP contribution in [0.5, 0.6) is 0 Å². The lowest BCUT2D eigenvalue weighted by atomic mass is 9.99. The van der Waals surface area contributed by atoms with Crippen molar-refractivity contribution in [3.05, 3.63) is 22.4 Å². The van der Waals surface area contributed by atoms with Crippen molar-refractivity contribution in [2.24, 2.45) is 5.92 Å². The van der Waals surface area contributed by atoms with Crippen molar-refractivity contribution < 1.29 is 4.79 Å². The molecule has 0 spiro atoms. The lowest BCUT2D eigenvalue weighted by Gasteiger charge is -2.33. The minimum absolute atomic E-state index is 0.145. The van der Waals surface area contributed by atoms with Crippen LogP contribution in [0, 0.1) is 5.92 Å². The number of piperidine rings is 1. The van der Waals surface area contributed by atoms with E-state index in [-0.39, 0.29) is 11.3 Å². The van der Waals surface area contributed by atoms with E-state index in [2.05, 4.69) is 6.92 Å². The highest BCUT2D eigenvalue weighted by Crippen LogP contribution is 2.23. The van der Waals surface area contributed by atoms with Crippen LogP contribution in [0.15, 0.2) is 16.8 Å². The van der Waals surface area contributed by atoms with Crippen LogP contribution in [-0.2, 0) is 0 Å². The van der Waals surface area contributed by atoms with Gasteiger partial charge in [-0.15, -0.1) is 11.6 Å². The molecule has 0 radical (unpaired) electrons. The average molecular weight is 244 g/mol. The quantitative estimate of drug-likeness (QED) is 0.695. The predicted molar refractivity (Wildman–Crippen MR) is 63.6 cm³/mol. The fourth-order valence-corrected chi connectivity index (χ4v) is 2.68. The van der Waals surface area contributed by atoms with Crippen molar-refractivity contribution >= 4 is 28.8 Å². The average Bonchev–Trinajstić information content (AvgIpc) is 2.74. The van der Waals surface area contributed by atoms with Gasteiger partial charge < -0.3 is 4.90 Å². The summed E-state index contributed by atoms with van der Waals surface area (Å²) in [6, 6.07) is 1.88. The summed E-state index contributed by atoms with van der Waals surface area (Å²) in [6.45, 7) is 3.67. The zero-order valence-corrected chi connectivity index (χ0v) is 10.2. The van der Waals surface area contributed by atoms with Gasteiger partial charge in [0, 0.05) is 23.8 Å². The Bertz CT molecular complexity index is 338. The first-order chi connectivity index (χ1) is 7.18. The lowest BCUT2D eigenvalue weighted by Crippen LogP contribution is -2.43. The van der Waals surface area contributed by atoms with Crippen LogP contribution < -0.4 is 0 Å². The number of hydrogen-bond acceptors (Lipinski definition) is 2. The first kappa shape index (κ1) is 11.0. The zero-order chi connectivity index (χ0) is 10.8. The maximum Gasteiger partial charge on any atom is 0.254 e. The zero-order valence-electron chi connectivity index (χ0n) is 8.65. The van der Waals surface area contributed by atoms with Gasteiger partial charge in [0.2, 0.25) is 0 Å². The molecule has 1 aliphatic rings. The summed E-state index contributed by atoms with van der Waals surface area (Å²) < 4.78 is 0. The van der Waals surface area contributed by atoms with Gasteiger partial charge >= 0.3 is 0 Å². The lowest BCUT2D eigenvalue weighted by molar-refractivity contribution is 0.0687. The van der Waals surface area contributed by atoms with Gasteiger partial charge in [-0.25, -0.2) is 0 Å². The molecule has 1 amide bonds. The van der Waals surface area contributed by atoms with E-state index in [1.54, 1.807) is 11.3 Å². The highest BCUT2D eigenvalue weighted by molar-refractivity contribution is 7.08. The highest BCUT2D eigenvalue weighted by Gasteiger charge is 2.27. The van der Waals surface area contributed by atoms with Crippen molar-refractivity contribution in [3.63, 3.8) is 0 Å². The second-order valence-corrected chi connectivity index (χ2v) is 5.39. The van der Waals surface area contributed by atoms with Gasteiger partial charge in [0.1, 0.15) is 0 Å². The van der Waals surface area contributed by atoms with Gasteiger partial charge in [0.25, 0.3) is 5.91 Å². The number of carbonyl (C=O) groups is 1. The number of halogens is 1. The highest BCUT2D eigenvalue weighted by atomic mass is 35.5. The molecule has 0 aromatic carbocycles. The van der Waals surface area contributed by atoms with Crippen LogP contribution in [0.25, 0.3) is 0 Å². The Hall–Kier alpha value is -0.540. The third kappa shape index (κ3) is 2.34. The molecule has 2 unspecified atom stereocenters. The molecular formula is C11H14ClNOS. The number of amides is 1. The topological polar surface area (TPSA) is 20.3 Å². The Morgan fingerprint density at radius 1 is 1.67 bits per heavy atom. The minimum atomic E-state index is 0.145. The van der Waals surface area contributed by atoms with Crippen molar-refractivity contribution in [1.82, 2.24) is 4.90 Å². The Balaban J connectivity index is 2.03. The Morgan fingerprint density at radius 3 is 3.07 bits per heavy atom. The fraction of sp³-hybridized carbons (Fsp3) is 0.545. The monoisotopic (exact) mass is 243 g/mol. The van der Waals surface area contributed by atoms with Crippen LogP contribution >= 0.6 is 22.9 Å². The summed E-state index contributed by atoms with van der Waals surface area (Å²) in [5.41, 5.74) is 0.806. The maximum absolute atomic E-state index is 12.0. The number of alkyl halides is 1. The third-order valence-corrected chi connectivity index (χ3v) is 4.19. The SMILES string of the molecule is CC1CN(C(=O)c2ccsc2)CCC1Cl. The first-order valence-corrected chi connectivity index (χ1v) is 6.52. The molecule has 1 saturated heterocycles. The Labute approximate surface area is 98.8 Å². The standard InChI is InChI=1S/C11H14ClNOS/c1-8-6-13(4-2-10(8)12)11(14)9-3-5-15-7-9/h3,5,7-8,10H,2,4,6H2,1H3. The number of nitrogens with zero attached hydrogens (tertiary/aromatic N) is 1. The van der Waals surface area contributed by atoms with Crippen LogP contribution in [0.4, 0.5) is 0 Å². The molecule has 2 nitrogen and oxygen atoms in total. The summed E-state index contributed by atoms with van der Waals surface area (Å²) in [4.78, 5) is 13.9. The van der Waals surface area contributed by atoms with E-state index < -0.39 is 0 Å². The summed E-state index contributed by atoms with van der Waals surface area (Å²) >= 11 is 7.69. The van der Waals surface area contributed by atoms with E-state index in [1.807, 2.05) is 21.7 Å². The van der Waals surface area contributed by atoms with Crippen LogP contribution in [0.2, 0.25) is 0 Å². The first-order valence-electron chi connectivity index (χ1n) is 5.14. The number of hydrogen-bond donors (Lipinski definition) is 0. The van der Waals surface area contributed by atoms with E-state index in [4.69, 9.17) is 11.6 Å². The van der Waals surface area contributed by atoms with Gasteiger partial charge in [-0.05, 0) is 23.8 Å². The minimum Gasteiger partial charge on any atom is -0.338 e. The van der Waals surface area contributed by atoms with E-state index in [0.29, 0.717) is 5.92 Å². The van der Waals surface area contributed by atoms with Gasteiger partial charge in [0.15, 0.2) is 0 Å². The number of thiophene rings is 1. The maximum atomic E-state index is 12.0. The molecule has 82 valence electrons. The third-order valence-electron chi connectivity index (χ3n) is 2.86. The fourth-order valence-electron chi connectivity index (χ4n) is 1.87. The number of carbonyl (C=O) groups excluding carboxylic acids is 1. The summed E-state index contributed by atoms with van der Waals surface area (Å²) in [7, 11) is 0. The van der Waals surface area contributed by atoms with E-state index in [0.717, 1.165) is 25.1 Å². The van der Waals surface area contributed by atoms with E-state index in [9.17, 15) is 4.79 Å². The predicted octanol–water partition coefficient (Wildman–Crippen LogP) is 2.84. The molecule has 15 heavy (non-hydrogen) atoms. The van der Waals surface area contributed by atoms with Crippen molar-refractivity contribution in [2.45, 2.75) is 18.7 Å². The second kappa shape index (κ2) is 4.54. The van der Waals surface area contributed by atoms with E-state index >= 15 is 0 Å². The Kier molecular flexibility index (Phi) is 3.32. The summed E-state index contributed by atoms with van der Waals surface area (Å²) in [6.07, 6.45) is 0.901. The molecule has 2 heterocycles. The van der Waals surface area contributed by atoms with Crippen molar-refractivity contribution in [3.8, 4) is 0 Å². The molecular weight excluding hydrogens is 230 g/mol. The van der Waals surface area contributed by atoms with Gasteiger partial charge in [-0.3, -0.25) is 4.79 Å². The molecule has 0 bridgehead atoms. The second-order valence-electron chi connectivity index (χ2n) is 4.05. The number of likely N-dealkylation sites (tertiary alicyclic amines) is 1.